The number of amides is 1. The van der Waals surface area contributed by atoms with Crippen molar-refractivity contribution >= 4 is 17.7 Å². The van der Waals surface area contributed by atoms with Crippen LogP contribution in [0.1, 0.15) is 5.56 Å². The molecule has 1 N–H and O–H groups in total. The number of hydrogen-bond acceptors (Lipinski definition) is 2. The first-order chi connectivity index (χ1) is 8.34. The summed E-state index contributed by atoms with van der Waals surface area (Å²) in [6.45, 7) is 0. The predicted molar refractivity (Wildman–Crippen MR) is 68.3 cm³/mol. The molecule has 2 rings (SSSR count). The van der Waals surface area contributed by atoms with Crippen molar-refractivity contribution in [3.05, 3.63) is 66.5 Å². The number of nitrogens with zero attached hydrogens (tertiary/aromatic N) is 1. The number of hydrogen-bond donors (Lipinski definition) is 1. The molecule has 17 heavy (non-hydrogen) atoms. The molecule has 1 heterocycles. The van der Waals surface area contributed by atoms with Gasteiger partial charge in [0.15, 0.2) is 0 Å². The van der Waals surface area contributed by atoms with Crippen molar-refractivity contribution < 1.29 is 4.79 Å². The lowest BCUT2D eigenvalue weighted by molar-refractivity contribution is -0.111. The van der Waals surface area contributed by atoms with Crippen molar-refractivity contribution in [3.63, 3.8) is 0 Å². The van der Waals surface area contributed by atoms with Crippen LogP contribution in [-0.4, -0.2) is 10.9 Å². The highest BCUT2D eigenvalue weighted by molar-refractivity contribution is 6.01. The van der Waals surface area contributed by atoms with Gasteiger partial charge in [-0.1, -0.05) is 30.3 Å². The molecule has 0 unspecified atom stereocenters. The molecular formula is C14H12N2O. The molecule has 0 saturated heterocycles. The minimum Gasteiger partial charge on any atom is -0.322 e. The number of anilines is 1. The van der Waals surface area contributed by atoms with Gasteiger partial charge in [0.25, 0.3) is 0 Å². The summed E-state index contributed by atoms with van der Waals surface area (Å²) in [7, 11) is 0. The number of nitrogens with one attached hydrogen (secondary N) is 1. The van der Waals surface area contributed by atoms with E-state index in [0.29, 0.717) is 0 Å². The Morgan fingerprint density at radius 3 is 2.47 bits per heavy atom. The van der Waals surface area contributed by atoms with E-state index < -0.39 is 0 Å². The van der Waals surface area contributed by atoms with Gasteiger partial charge >= 0.3 is 0 Å². The van der Waals surface area contributed by atoms with E-state index >= 15 is 0 Å². The topological polar surface area (TPSA) is 42.0 Å². The molecule has 2 aromatic rings. The molecule has 3 nitrogen and oxygen atoms in total. The average Bonchev–Trinajstić information content (AvgIpc) is 2.39. The van der Waals surface area contributed by atoms with Crippen molar-refractivity contribution in [1.29, 1.82) is 0 Å². The van der Waals surface area contributed by atoms with E-state index in [1.165, 1.54) is 6.08 Å². The second kappa shape index (κ2) is 5.61. The number of aromatic nitrogens is 1. The monoisotopic (exact) mass is 224 g/mol. The maximum Gasteiger partial charge on any atom is 0.248 e. The molecule has 0 radical (unpaired) electrons. The highest BCUT2D eigenvalue weighted by Gasteiger charge is 1.96. The van der Waals surface area contributed by atoms with Gasteiger partial charge in [-0.2, -0.15) is 0 Å². The number of carbonyl (C=O) groups excluding carboxylic acids is 1. The van der Waals surface area contributed by atoms with Crippen LogP contribution in [0.25, 0.3) is 6.08 Å². The molecule has 0 aliphatic rings. The highest BCUT2D eigenvalue weighted by Crippen LogP contribution is 2.04. The summed E-state index contributed by atoms with van der Waals surface area (Å²) >= 11 is 0. The lowest BCUT2D eigenvalue weighted by Crippen LogP contribution is -2.07. The lowest BCUT2D eigenvalue weighted by atomic mass is 10.2. The van der Waals surface area contributed by atoms with Crippen LogP contribution < -0.4 is 5.32 Å². The van der Waals surface area contributed by atoms with Crippen LogP contribution in [0.3, 0.4) is 0 Å². The molecular weight excluding hydrogens is 212 g/mol. The van der Waals surface area contributed by atoms with Gasteiger partial charge < -0.3 is 5.32 Å². The van der Waals surface area contributed by atoms with E-state index in [-0.39, 0.29) is 5.91 Å². The Balaban J connectivity index is 1.96. The zero-order valence-electron chi connectivity index (χ0n) is 9.21. The van der Waals surface area contributed by atoms with Crippen LogP contribution in [0.4, 0.5) is 5.69 Å². The summed E-state index contributed by atoms with van der Waals surface area (Å²) < 4.78 is 0. The summed E-state index contributed by atoms with van der Waals surface area (Å²) in [5.41, 5.74) is 1.74. The summed E-state index contributed by atoms with van der Waals surface area (Å²) in [4.78, 5) is 15.4. The smallest absolute Gasteiger partial charge is 0.248 e. The second-order valence-electron chi connectivity index (χ2n) is 3.47. The van der Waals surface area contributed by atoms with E-state index in [9.17, 15) is 4.79 Å². The van der Waals surface area contributed by atoms with Crippen molar-refractivity contribution in [2.45, 2.75) is 0 Å². The van der Waals surface area contributed by atoms with E-state index in [0.717, 1.165) is 11.3 Å². The highest BCUT2D eigenvalue weighted by atomic mass is 16.1. The van der Waals surface area contributed by atoms with E-state index in [2.05, 4.69) is 10.3 Å². The molecule has 0 saturated carbocycles. The van der Waals surface area contributed by atoms with Crippen LogP contribution in [0.5, 0.6) is 0 Å². The molecule has 1 amide bonds. The third-order valence-corrected chi connectivity index (χ3v) is 2.17. The minimum atomic E-state index is -0.153. The molecule has 0 spiro atoms. The van der Waals surface area contributed by atoms with Crippen LogP contribution in [0.15, 0.2) is 60.9 Å². The fourth-order valence-corrected chi connectivity index (χ4v) is 1.36. The van der Waals surface area contributed by atoms with Gasteiger partial charge in [0.1, 0.15) is 0 Å². The first-order valence-electron chi connectivity index (χ1n) is 5.29. The van der Waals surface area contributed by atoms with Crippen molar-refractivity contribution in [3.8, 4) is 0 Å². The van der Waals surface area contributed by atoms with E-state index in [1.807, 2.05) is 30.3 Å². The Morgan fingerprint density at radius 2 is 1.76 bits per heavy atom. The lowest BCUT2D eigenvalue weighted by Gasteiger charge is -2.00. The molecule has 84 valence electrons. The third-order valence-electron chi connectivity index (χ3n) is 2.17. The van der Waals surface area contributed by atoms with Gasteiger partial charge in [-0.3, -0.25) is 9.78 Å². The number of pyridine rings is 1. The van der Waals surface area contributed by atoms with Crippen molar-refractivity contribution in [2.24, 2.45) is 0 Å². The zero-order valence-corrected chi connectivity index (χ0v) is 9.21. The Labute approximate surface area is 99.8 Å². The SMILES string of the molecule is O=C(/C=C/c1ccccc1)Nc1ccncc1. The van der Waals surface area contributed by atoms with Crippen LogP contribution in [-0.2, 0) is 4.79 Å². The Hall–Kier alpha value is -2.42. The molecule has 3 heteroatoms. The summed E-state index contributed by atoms with van der Waals surface area (Å²) in [6, 6.07) is 13.2. The molecule has 0 aliphatic heterocycles. The van der Waals surface area contributed by atoms with Crippen molar-refractivity contribution in [2.75, 3.05) is 5.32 Å². The fourth-order valence-electron chi connectivity index (χ4n) is 1.36. The number of rotatable bonds is 3. The first kappa shape index (κ1) is 11.1. The Bertz CT molecular complexity index is 506. The Kier molecular flexibility index (Phi) is 3.65. The summed E-state index contributed by atoms with van der Waals surface area (Å²) in [5, 5.41) is 2.75. The summed E-state index contributed by atoms with van der Waals surface area (Å²) in [5.74, 6) is -0.153. The van der Waals surface area contributed by atoms with Gasteiger partial charge in [-0.25, -0.2) is 0 Å². The average molecular weight is 224 g/mol. The molecule has 0 bridgehead atoms. The second-order valence-corrected chi connectivity index (χ2v) is 3.47. The molecule has 0 aliphatic carbocycles. The van der Waals surface area contributed by atoms with Gasteiger partial charge in [0.05, 0.1) is 0 Å². The quantitative estimate of drug-likeness (QED) is 0.814. The van der Waals surface area contributed by atoms with Crippen LogP contribution >= 0.6 is 0 Å². The van der Waals surface area contributed by atoms with Crippen molar-refractivity contribution in [1.82, 2.24) is 4.98 Å². The Morgan fingerprint density at radius 1 is 1.06 bits per heavy atom. The normalized spacial score (nSPS) is 10.4. The standard InChI is InChI=1S/C14H12N2O/c17-14(16-13-8-10-15-11-9-13)7-6-12-4-2-1-3-5-12/h1-11H,(H,15,16,17)/b7-6+. The minimum absolute atomic E-state index is 0.153. The maximum atomic E-state index is 11.6. The van der Waals surface area contributed by atoms with Crippen LogP contribution in [0, 0.1) is 0 Å². The summed E-state index contributed by atoms with van der Waals surface area (Å²) in [6.07, 6.45) is 6.55. The van der Waals surface area contributed by atoms with Gasteiger partial charge in [0.2, 0.25) is 5.91 Å². The molecule has 0 fully saturated rings. The van der Waals surface area contributed by atoms with Crippen LogP contribution in [0.2, 0.25) is 0 Å². The van der Waals surface area contributed by atoms with Gasteiger partial charge in [-0.15, -0.1) is 0 Å². The fraction of sp³-hybridized carbons (Fsp3) is 0. The molecule has 1 aromatic carbocycles. The van der Waals surface area contributed by atoms with E-state index in [1.54, 1.807) is 30.6 Å². The van der Waals surface area contributed by atoms with Gasteiger partial charge in [0, 0.05) is 24.2 Å². The molecule has 0 atom stereocenters. The largest absolute Gasteiger partial charge is 0.322 e. The van der Waals surface area contributed by atoms with Gasteiger partial charge in [-0.05, 0) is 23.8 Å². The maximum absolute atomic E-state index is 11.6. The predicted octanol–water partition coefficient (Wildman–Crippen LogP) is 2.73. The molecule has 1 aromatic heterocycles. The van der Waals surface area contributed by atoms with E-state index in [4.69, 9.17) is 0 Å². The number of carbonyl (C=O) groups is 1. The first-order valence-corrected chi connectivity index (χ1v) is 5.29. The zero-order chi connectivity index (χ0) is 11.9. The number of benzene rings is 1. The third kappa shape index (κ3) is 3.57.